The zero-order valence-electron chi connectivity index (χ0n) is 18.1. The lowest BCUT2D eigenvalue weighted by Gasteiger charge is -2.41. The average Bonchev–Trinajstić information content (AvgIpc) is 3.17. The molecule has 0 unspecified atom stereocenters. The maximum atomic E-state index is 5.92. The molecule has 7 heteroatoms. The fourth-order valence-corrected chi connectivity index (χ4v) is 4.61. The van der Waals surface area contributed by atoms with Gasteiger partial charge >= 0.3 is 0 Å². The first-order chi connectivity index (χ1) is 14.0. The normalized spacial score (nSPS) is 23.5. The van der Waals surface area contributed by atoms with Gasteiger partial charge in [-0.05, 0) is 51.7 Å². The smallest absolute Gasteiger partial charge is 0.261 e. The third-order valence-electron chi connectivity index (χ3n) is 6.42. The summed E-state index contributed by atoms with van der Waals surface area (Å²) in [5.41, 5.74) is 3.05. The monoisotopic (exact) mass is 399 g/mol. The van der Waals surface area contributed by atoms with Crippen molar-refractivity contribution in [2.75, 3.05) is 25.1 Å². The summed E-state index contributed by atoms with van der Waals surface area (Å²) in [5.74, 6) is 2.08. The van der Waals surface area contributed by atoms with Crippen LogP contribution in [0, 0.1) is 20.8 Å². The lowest BCUT2D eigenvalue weighted by atomic mass is 9.92. The van der Waals surface area contributed by atoms with Gasteiger partial charge in [-0.3, -0.25) is 0 Å². The van der Waals surface area contributed by atoms with Crippen molar-refractivity contribution in [2.45, 2.75) is 77.5 Å². The van der Waals surface area contributed by atoms with Crippen molar-refractivity contribution in [2.24, 2.45) is 0 Å². The molecule has 0 spiro atoms. The summed E-state index contributed by atoms with van der Waals surface area (Å²) in [5, 5.41) is 7.86. The molecule has 7 nitrogen and oxygen atoms in total. The second-order valence-corrected chi connectivity index (χ2v) is 8.53. The van der Waals surface area contributed by atoms with Crippen LogP contribution in [-0.4, -0.2) is 53.5 Å². The van der Waals surface area contributed by atoms with Gasteiger partial charge < -0.3 is 19.5 Å². The SMILES string of the molecule is CO[C@H]1CN(c2nc(C)c(C)cc2-c2nc(C)no2)CC[C@H]1NC1CCCCC1. The Balaban J connectivity index is 1.55. The maximum Gasteiger partial charge on any atom is 0.261 e. The van der Waals surface area contributed by atoms with E-state index in [1.165, 1.54) is 32.1 Å². The first-order valence-electron chi connectivity index (χ1n) is 10.9. The highest BCUT2D eigenvalue weighted by Crippen LogP contribution is 2.32. The first-order valence-corrected chi connectivity index (χ1v) is 10.9. The van der Waals surface area contributed by atoms with E-state index in [1.807, 2.05) is 21.0 Å². The highest BCUT2D eigenvalue weighted by molar-refractivity contribution is 5.71. The minimum Gasteiger partial charge on any atom is -0.378 e. The Bertz CT molecular complexity index is 831. The van der Waals surface area contributed by atoms with Gasteiger partial charge in [0.25, 0.3) is 5.89 Å². The van der Waals surface area contributed by atoms with Crippen LogP contribution in [0.5, 0.6) is 0 Å². The van der Waals surface area contributed by atoms with E-state index in [4.69, 9.17) is 14.2 Å². The molecular weight excluding hydrogens is 366 g/mol. The number of aryl methyl sites for hydroxylation is 3. The fourth-order valence-electron chi connectivity index (χ4n) is 4.61. The number of aromatic nitrogens is 3. The summed E-state index contributed by atoms with van der Waals surface area (Å²) in [6.45, 7) is 7.69. The van der Waals surface area contributed by atoms with Crippen molar-refractivity contribution in [3.63, 3.8) is 0 Å². The molecule has 2 aromatic heterocycles. The summed E-state index contributed by atoms with van der Waals surface area (Å²) in [4.78, 5) is 11.7. The number of nitrogens with zero attached hydrogens (tertiary/aromatic N) is 4. The third-order valence-corrected chi connectivity index (χ3v) is 6.42. The minimum atomic E-state index is 0.131. The largest absolute Gasteiger partial charge is 0.378 e. The van der Waals surface area contributed by atoms with Gasteiger partial charge in [0.2, 0.25) is 0 Å². The van der Waals surface area contributed by atoms with Crippen LogP contribution in [0.2, 0.25) is 0 Å². The Labute approximate surface area is 173 Å². The van der Waals surface area contributed by atoms with E-state index in [-0.39, 0.29) is 6.10 Å². The molecule has 1 saturated carbocycles. The van der Waals surface area contributed by atoms with E-state index in [1.54, 1.807) is 0 Å². The number of anilines is 1. The predicted octanol–water partition coefficient (Wildman–Crippen LogP) is 3.57. The highest BCUT2D eigenvalue weighted by Gasteiger charge is 2.33. The summed E-state index contributed by atoms with van der Waals surface area (Å²) >= 11 is 0. The van der Waals surface area contributed by atoms with E-state index < -0.39 is 0 Å². The molecule has 29 heavy (non-hydrogen) atoms. The molecule has 2 fully saturated rings. The molecule has 2 aliphatic rings. The van der Waals surface area contributed by atoms with Crippen molar-refractivity contribution >= 4 is 5.82 Å². The second kappa shape index (κ2) is 8.79. The number of piperidine rings is 1. The molecule has 0 radical (unpaired) electrons. The predicted molar refractivity (Wildman–Crippen MR) is 113 cm³/mol. The van der Waals surface area contributed by atoms with Gasteiger partial charge in [-0.15, -0.1) is 0 Å². The summed E-state index contributed by atoms with van der Waals surface area (Å²) in [6, 6.07) is 3.13. The Morgan fingerprint density at radius 2 is 1.90 bits per heavy atom. The number of pyridine rings is 1. The van der Waals surface area contributed by atoms with Crippen LogP contribution in [0.3, 0.4) is 0 Å². The van der Waals surface area contributed by atoms with Crippen LogP contribution in [0.15, 0.2) is 10.6 Å². The van der Waals surface area contributed by atoms with Crippen molar-refractivity contribution < 1.29 is 9.26 Å². The maximum absolute atomic E-state index is 5.92. The van der Waals surface area contributed by atoms with Crippen molar-refractivity contribution in [1.82, 2.24) is 20.4 Å². The number of methoxy groups -OCH3 is 1. The number of ether oxygens (including phenoxy) is 1. The lowest BCUT2D eigenvalue weighted by molar-refractivity contribution is 0.0534. The molecule has 1 aliphatic carbocycles. The summed E-state index contributed by atoms with van der Waals surface area (Å²) in [6.07, 6.45) is 7.80. The van der Waals surface area contributed by atoms with Gasteiger partial charge in [0, 0.05) is 38.0 Å². The van der Waals surface area contributed by atoms with Crippen molar-refractivity contribution in [3.8, 4) is 11.5 Å². The molecule has 0 amide bonds. The van der Waals surface area contributed by atoms with Crippen LogP contribution in [0.4, 0.5) is 5.82 Å². The van der Waals surface area contributed by atoms with Crippen LogP contribution in [0.1, 0.15) is 55.6 Å². The number of nitrogens with one attached hydrogen (secondary N) is 1. The molecular formula is C22H33N5O2. The van der Waals surface area contributed by atoms with Gasteiger partial charge in [-0.1, -0.05) is 24.4 Å². The topological polar surface area (TPSA) is 76.3 Å². The zero-order chi connectivity index (χ0) is 20.4. The minimum absolute atomic E-state index is 0.131. The molecule has 0 aromatic carbocycles. The number of rotatable bonds is 5. The third kappa shape index (κ3) is 4.46. The molecule has 3 heterocycles. The molecule has 0 bridgehead atoms. The first kappa shape index (κ1) is 20.3. The molecule has 4 rings (SSSR count). The van der Waals surface area contributed by atoms with Crippen LogP contribution < -0.4 is 10.2 Å². The van der Waals surface area contributed by atoms with Crippen LogP contribution >= 0.6 is 0 Å². The molecule has 1 aliphatic heterocycles. The zero-order valence-corrected chi connectivity index (χ0v) is 18.1. The highest BCUT2D eigenvalue weighted by atomic mass is 16.5. The van der Waals surface area contributed by atoms with E-state index in [0.29, 0.717) is 23.8 Å². The van der Waals surface area contributed by atoms with E-state index in [9.17, 15) is 0 Å². The second-order valence-electron chi connectivity index (χ2n) is 8.53. The van der Waals surface area contributed by atoms with E-state index in [2.05, 4.69) is 33.3 Å². The number of hydrogen-bond acceptors (Lipinski definition) is 7. The van der Waals surface area contributed by atoms with Crippen molar-refractivity contribution in [1.29, 1.82) is 0 Å². The lowest BCUT2D eigenvalue weighted by Crippen LogP contribution is -2.56. The van der Waals surface area contributed by atoms with Gasteiger partial charge in [-0.25, -0.2) is 4.98 Å². The van der Waals surface area contributed by atoms with Crippen molar-refractivity contribution in [3.05, 3.63) is 23.1 Å². The fraction of sp³-hybridized carbons (Fsp3) is 0.682. The van der Waals surface area contributed by atoms with Gasteiger partial charge in [0.1, 0.15) is 5.82 Å². The van der Waals surface area contributed by atoms with E-state index >= 15 is 0 Å². The molecule has 2 aromatic rings. The van der Waals surface area contributed by atoms with Gasteiger partial charge in [0.15, 0.2) is 5.82 Å². The van der Waals surface area contributed by atoms with Crippen LogP contribution in [0.25, 0.3) is 11.5 Å². The van der Waals surface area contributed by atoms with Crippen LogP contribution in [-0.2, 0) is 4.74 Å². The molecule has 2 atom stereocenters. The Kier molecular flexibility index (Phi) is 6.15. The average molecular weight is 400 g/mol. The molecule has 1 N–H and O–H groups in total. The summed E-state index contributed by atoms with van der Waals surface area (Å²) < 4.78 is 11.4. The number of hydrogen-bond donors (Lipinski definition) is 1. The quantitative estimate of drug-likeness (QED) is 0.823. The van der Waals surface area contributed by atoms with E-state index in [0.717, 1.165) is 42.1 Å². The Hall–Kier alpha value is -1.99. The molecule has 1 saturated heterocycles. The standard InChI is InChI=1S/C22H33N5O2/c1-14-12-18(22-24-16(3)26-29-22)21(23-15(14)2)27-11-10-19(20(13-27)28-4)25-17-8-6-5-7-9-17/h12,17,19-20,25H,5-11,13H2,1-4H3/t19-,20+/m1/s1. The Morgan fingerprint density at radius 1 is 1.10 bits per heavy atom. The van der Waals surface area contributed by atoms with Gasteiger partial charge in [0.05, 0.1) is 11.7 Å². The Morgan fingerprint density at radius 3 is 2.59 bits per heavy atom. The van der Waals surface area contributed by atoms with Gasteiger partial charge in [-0.2, -0.15) is 4.98 Å². The molecule has 158 valence electrons. The summed E-state index contributed by atoms with van der Waals surface area (Å²) in [7, 11) is 1.82.